The molecule has 0 radical (unpaired) electrons. The van der Waals surface area contributed by atoms with Crippen molar-refractivity contribution in [3.63, 3.8) is 0 Å². The highest BCUT2D eigenvalue weighted by atomic mass is 16.6. The van der Waals surface area contributed by atoms with E-state index in [9.17, 15) is 14.9 Å². The van der Waals surface area contributed by atoms with Crippen LogP contribution in [0.5, 0.6) is 0 Å². The van der Waals surface area contributed by atoms with E-state index < -0.39 is 10.8 Å². The van der Waals surface area contributed by atoms with Crippen molar-refractivity contribution in [3.8, 4) is 6.07 Å². The number of benzene rings is 2. The zero-order valence-corrected chi connectivity index (χ0v) is 12.3. The van der Waals surface area contributed by atoms with Gasteiger partial charge in [-0.15, -0.1) is 0 Å². The van der Waals surface area contributed by atoms with Crippen molar-refractivity contribution >= 4 is 23.4 Å². The molecule has 0 heterocycles. The molecule has 0 bridgehead atoms. The Morgan fingerprint density at radius 3 is 2.57 bits per heavy atom. The fraction of sp³-hybridized carbons (Fsp3) is 0.0588. The minimum absolute atomic E-state index is 0.0560. The molecule has 0 saturated heterocycles. The van der Waals surface area contributed by atoms with Crippen LogP contribution < -0.4 is 5.32 Å². The molecule has 1 N–H and O–H groups in total. The van der Waals surface area contributed by atoms with E-state index in [0.717, 1.165) is 0 Å². The van der Waals surface area contributed by atoms with E-state index in [1.807, 2.05) is 12.1 Å². The molecule has 2 aromatic rings. The molecule has 6 heteroatoms. The summed E-state index contributed by atoms with van der Waals surface area (Å²) in [6, 6.07) is 15.1. The van der Waals surface area contributed by atoms with Crippen molar-refractivity contribution < 1.29 is 9.72 Å². The predicted molar refractivity (Wildman–Crippen MR) is 86.5 cm³/mol. The standard InChI is InChI=1S/C17H13N3O3/c1-12-7-8-13(10-16(12)20(22)23)9-14(11-18)17(21)19-15-5-3-2-4-6-15/h2-10H,1H3,(H,19,21). The number of hydrogen-bond acceptors (Lipinski definition) is 4. The molecule has 0 aliphatic rings. The molecule has 0 atom stereocenters. The molecular formula is C17H13N3O3. The normalized spacial score (nSPS) is 10.7. The smallest absolute Gasteiger partial charge is 0.272 e. The number of rotatable bonds is 4. The number of nitrogens with zero attached hydrogens (tertiary/aromatic N) is 2. The summed E-state index contributed by atoms with van der Waals surface area (Å²) in [4.78, 5) is 22.5. The number of amides is 1. The zero-order chi connectivity index (χ0) is 16.8. The summed E-state index contributed by atoms with van der Waals surface area (Å²) in [6.45, 7) is 1.62. The van der Waals surface area contributed by atoms with Crippen LogP contribution in [0.1, 0.15) is 11.1 Å². The van der Waals surface area contributed by atoms with Crippen molar-refractivity contribution in [1.29, 1.82) is 5.26 Å². The summed E-state index contributed by atoms with van der Waals surface area (Å²) in [5.41, 5.74) is 1.31. The minimum Gasteiger partial charge on any atom is -0.321 e. The highest BCUT2D eigenvalue weighted by Gasteiger charge is 2.13. The minimum atomic E-state index is -0.568. The van der Waals surface area contributed by atoms with E-state index in [2.05, 4.69) is 5.32 Å². The molecule has 0 spiro atoms. The van der Waals surface area contributed by atoms with Gasteiger partial charge in [-0.05, 0) is 30.7 Å². The third kappa shape index (κ3) is 4.02. The van der Waals surface area contributed by atoms with Crippen LogP contribution in [0.25, 0.3) is 6.08 Å². The molecule has 114 valence electrons. The monoisotopic (exact) mass is 307 g/mol. The number of hydrogen-bond donors (Lipinski definition) is 1. The Bertz CT molecular complexity index is 821. The molecule has 2 aromatic carbocycles. The quantitative estimate of drug-likeness (QED) is 0.405. The summed E-state index contributed by atoms with van der Waals surface area (Å²) < 4.78 is 0. The molecule has 23 heavy (non-hydrogen) atoms. The lowest BCUT2D eigenvalue weighted by molar-refractivity contribution is -0.385. The van der Waals surface area contributed by atoms with Crippen LogP contribution in [-0.4, -0.2) is 10.8 Å². The van der Waals surface area contributed by atoms with Crippen molar-refractivity contribution in [1.82, 2.24) is 0 Å². The van der Waals surface area contributed by atoms with Crippen molar-refractivity contribution in [2.24, 2.45) is 0 Å². The molecule has 0 saturated carbocycles. The second-order valence-corrected chi connectivity index (χ2v) is 4.79. The van der Waals surface area contributed by atoms with Gasteiger partial charge in [-0.25, -0.2) is 0 Å². The molecule has 6 nitrogen and oxygen atoms in total. The number of carbonyl (C=O) groups excluding carboxylic acids is 1. The second-order valence-electron chi connectivity index (χ2n) is 4.79. The molecule has 0 unspecified atom stereocenters. The highest BCUT2D eigenvalue weighted by Crippen LogP contribution is 2.21. The third-order valence-corrected chi connectivity index (χ3v) is 3.14. The first-order valence-corrected chi connectivity index (χ1v) is 6.74. The highest BCUT2D eigenvalue weighted by molar-refractivity contribution is 6.09. The first-order chi connectivity index (χ1) is 11.0. The molecule has 2 rings (SSSR count). The molecule has 1 amide bonds. The van der Waals surface area contributed by atoms with Gasteiger partial charge in [-0.3, -0.25) is 14.9 Å². The van der Waals surface area contributed by atoms with Gasteiger partial charge in [0.15, 0.2) is 0 Å². The first-order valence-electron chi connectivity index (χ1n) is 6.74. The molecule has 0 aliphatic carbocycles. The summed E-state index contributed by atoms with van der Waals surface area (Å²) >= 11 is 0. The SMILES string of the molecule is Cc1ccc(C=C(C#N)C(=O)Nc2ccccc2)cc1[N+](=O)[O-]. The Labute approximate surface area is 132 Å². The van der Waals surface area contributed by atoms with Crippen LogP contribution in [0.15, 0.2) is 54.1 Å². The van der Waals surface area contributed by atoms with E-state index in [-0.39, 0.29) is 11.3 Å². The third-order valence-electron chi connectivity index (χ3n) is 3.14. The Morgan fingerprint density at radius 2 is 1.96 bits per heavy atom. The molecule has 0 aromatic heterocycles. The Kier molecular flexibility index (Phi) is 4.85. The number of nitrogens with one attached hydrogen (secondary N) is 1. The van der Waals surface area contributed by atoms with Gasteiger partial charge in [0.25, 0.3) is 11.6 Å². The Balaban J connectivity index is 2.28. The lowest BCUT2D eigenvalue weighted by Crippen LogP contribution is -2.13. The maximum Gasteiger partial charge on any atom is 0.272 e. The van der Waals surface area contributed by atoms with Gasteiger partial charge >= 0.3 is 0 Å². The molecule has 0 fully saturated rings. The lowest BCUT2D eigenvalue weighted by Gasteiger charge is -2.04. The molecular weight excluding hydrogens is 294 g/mol. The summed E-state index contributed by atoms with van der Waals surface area (Å²) in [5, 5.41) is 22.7. The van der Waals surface area contributed by atoms with Crippen LogP contribution in [-0.2, 0) is 4.79 Å². The topological polar surface area (TPSA) is 96.0 Å². The van der Waals surface area contributed by atoms with Gasteiger partial charge in [0.2, 0.25) is 0 Å². The summed E-state index contributed by atoms with van der Waals surface area (Å²) in [6.07, 6.45) is 1.32. The Hall–Kier alpha value is -3.46. The van der Waals surface area contributed by atoms with Crippen LogP contribution >= 0.6 is 0 Å². The van der Waals surface area contributed by atoms with Crippen LogP contribution in [0.4, 0.5) is 11.4 Å². The van der Waals surface area contributed by atoms with Gasteiger partial charge in [-0.2, -0.15) is 5.26 Å². The number of aryl methyl sites for hydroxylation is 1. The van der Waals surface area contributed by atoms with Crippen molar-refractivity contribution in [2.45, 2.75) is 6.92 Å². The van der Waals surface area contributed by atoms with Gasteiger partial charge in [0.05, 0.1) is 4.92 Å². The number of para-hydroxylation sites is 1. The fourth-order valence-electron chi connectivity index (χ4n) is 1.95. The van der Waals surface area contributed by atoms with E-state index in [4.69, 9.17) is 5.26 Å². The maximum absolute atomic E-state index is 12.1. The number of nitro groups is 1. The van der Waals surface area contributed by atoms with Crippen LogP contribution in [0, 0.1) is 28.4 Å². The first kappa shape index (κ1) is 15.9. The van der Waals surface area contributed by atoms with Gasteiger partial charge in [0, 0.05) is 17.3 Å². The van der Waals surface area contributed by atoms with Gasteiger partial charge in [0.1, 0.15) is 11.6 Å². The number of nitriles is 1. The van der Waals surface area contributed by atoms with E-state index in [0.29, 0.717) is 16.8 Å². The van der Waals surface area contributed by atoms with Gasteiger partial charge < -0.3 is 5.32 Å². The zero-order valence-electron chi connectivity index (χ0n) is 12.3. The predicted octanol–water partition coefficient (Wildman–Crippen LogP) is 3.45. The Morgan fingerprint density at radius 1 is 1.26 bits per heavy atom. The largest absolute Gasteiger partial charge is 0.321 e. The number of carbonyl (C=O) groups is 1. The van der Waals surface area contributed by atoms with E-state index in [1.165, 1.54) is 12.1 Å². The van der Waals surface area contributed by atoms with Crippen molar-refractivity contribution in [2.75, 3.05) is 5.32 Å². The summed E-state index contributed by atoms with van der Waals surface area (Å²) in [5.74, 6) is -0.568. The average molecular weight is 307 g/mol. The van der Waals surface area contributed by atoms with Gasteiger partial charge in [-0.1, -0.05) is 30.3 Å². The number of nitro benzene ring substituents is 1. The van der Waals surface area contributed by atoms with E-state index in [1.54, 1.807) is 43.3 Å². The average Bonchev–Trinajstić information content (AvgIpc) is 2.54. The van der Waals surface area contributed by atoms with Crippen molar-refractivity contribution in [3.05, 3.63) is 75.3 Å². The maximum atomic E-state index is 12.1. The number of anilines is 1. The lowest BCUT2D eigenvalue weighted by atomic mass is 10.1. The fourth-order valence-corrected chi connectivity index (χ4v) is 1.95. The molecule has 0 aliphatic heterocycles. The van der Waals surface area contributed by atoms with Crippen LogP contribution in [0.2, 0.25) is 0 Å². The van der Waals surface area contributed by atoms with E-state index >= 15 is 0 Å². The second kappa shape index (κ2) is 7.00. The van der Waals surface area contributed by atoms with Crippen LogP contribution in [0.3, 0.4) is 0 Å². The summed E-state index contributed by atoms with van der Waals surface area (Å²) in [7, 11) is 0.